The summed E-state index contributed by atoms with van der Waals surface area (Å²) in [5.41, 5.74) is 7.40. The van der Waals surface area contributed by atoms with Crippen molar-refractivity contribution in [1.82, 2.24) is 4.98 Å². The summed E-state index contributed by atoms with van der Waals surface area (Å²) in [5.74, 6) is 0. The first-order chi connectivity index (χ1) is 8.15. The number of halogens is 1. The summed E-state index contributed by atoms with van der Waals surface area (Å²) in [7, 11) is 0. The summed E-state index contributed by atoms with van der Waals surface area (Å²) in [6, 6.07) is 7.67. The van der Waals surface area contributed by atoms with E-state index in [0.29, 0.717) is 16.0 Å². The summed E-state index contributed by atoms with van der Waals surface area (Å²) < 4.78 is 0.561. The third-order valence-electron chi connectivity index (χ3n) is 2.16. The zero-order valence-electron chi connectivity index (χ0n) is 8.81. The van der Waals surface area contributed by atoms with Crippen LogP contribution in [0.5, 0.6) is 0 Å². The van der Waals surface area contributed by atoms with E-state index in [0.717, 1.165) is 16.1 Å². The normalized spacial score (nSPS) is 10.2. The van der Waals surface area contributed by atoms with E-state index in [1.165, 1.54) is 11.3 Å². The predicted molar refractivity (Wildman–Crippen MR) is 76.8 cm³/mol. The Morgan fingerprint density at radius 1 is 1.41 bits per heavy atom. The SMILES string of the molecule is NC(=S)c1ccc(NCc2cnc(Cl)s2)cc1. The molecule has 3 N–H and O–H groups in total. The Kier molecular flexibility index (Phi) is 3.93. The molecule has 0 saturated carbocycles. The van der Waals surface area contributed by atoms with Gasteiger partial charge in [0.05, 0.1) is 6.54 Å². The van der Waals surface area contributed by atoms with Gasteiger partial charge in [-0.1, -0.05) is 23.8 Å². The second kappa shape index (κ2) is 5.44. The van der Waals surface area contributed by atoms with E-state index in [4.69, 9.17) is 29.6 Å². The third kappa shape index (κ3) is 3.39. The lowest BCUT2D eigenvalue weighted by Crippen LogP contribution is -2.09. The molecule has 0 bridgehead atoms. The Labute approximate surface area is 114 Å². The van der Waals surface area contributed by atoms with Crippen LogP contribution < -0.4 is 11.1 Å². The van der Waals surface area contributed by atoms with Gasteiger partial charge in [0.25, 0.3) is 0 Å². The summed E-state index contributed by atoms with van der Waals surface area (Å²) in [5, 5.41) is 3.27. The molecular weight excluding hydrogens is 274 g/mol. The van der Waals surface area contributed by atoms with Crippen LogP contribution in [0.2, 0.25) is 4.47 Å². The van der Waals surface area contributed by atoms with E-state index in [2.05, 4.69) is 10.3 Å². The maximum Gasteiger partial charge on any atom is 0.183 e. The molecule has 0 unspecified atom stereocenters. The molecule has 0 aliphatic carbocycles. The molecule has 0 fully saturated rings. The fourth-order valence-electron chi connectivity index (χ4n) is 1.31. The molecule has 0 aliphatic rings. The van der Waals surface area contributed by atoms with Gasteiger partial charge < -0.3 is 11.1 Å². The third-order valence-corrected chi connectivity index (χ3v) is 3.51. The molecule has 1 aromatic heterocycles. The van der Waals surface area contributed by atoms with Crippen molar-refractivity contribution >= 4 is 45.8 Å². The smallest absolute Gasteiger partial charge is 0.183 e. The van der Waals surface area contributed by atoms with Crippen LogP contribution in [0.15, 0.2) is 30.5 Å². The highest BCUT2D eigenvalue weighted by molar-refractivity contribution is 7.80. The molecular formula is C11H10ClN3S2. The lowest BCUT2D eigenvalue weighted by Gasteiger charge is -2.05. The molecule has 88 valence electrons. The number of benzene rings is 1. The quantitative estimate of drug-likeness (QED) is 0.847. The van der Waals surface area contributed by atoms with E-state index in [9.17, 15) is 0 Å². The van der Waals surface area contributed by atoms with Gasteiger partial charge in [-0.05, 0) is 24.3 Å². The van der Waals surface area contributed by atoms with Gasteiger partial charge in [-0.15, -0.1) is 11.3 Å². The van der Waals surface area contributed by atoms with Gasteiger partial charge in [-0.3, -0.25) is 0 Å². The highest BCUT2D eigenvalue weighted by Gasteiger charge is 2.00. The van der Waals surface area contributed by atoms with Crippen LogP contribution in [0.4, 0.5) is 5.69 Å². The molecule has 0 aliphatic heterocycles. The topological polar surface area (TPSA) is 50.9 Å². The number of anilines is 1. The summed E-state index contributed by atoms with van der Waals surface area (Å²) in [6.45, 7) is 0.705. The van der Waals surface area contributed by atoms with Crippen molar-refractivity contribution in [2.24, 2.45) is 5.73 Å². The maximum atomic E-state index is 5.75. The molecule has 3 nitrogen and oxygen atoms in total. The molecule has 6 heteroatoms. The summed E-state index contributed by atoms with van der Waals surface area (Å²) >= 11 is 12.1. The Morgan fingerprint density at radius 2 is 2.12 bits per heavy atom. The average Bonchev–Trinajstić information content (AvgIpc) is 2.73. The largest absolute Gasteiger partial charge is 0.389 e. The number of thiocarbonyl (C=S) groups is 1. The molecule has 2 rings (SSSR count). The number of aromatic nitrogens is 1. The first-order valence-electron chi connectivity index (χ1n) is 4.89. The van der Waals surface area contributed by atoms with Gasteiger partial charge in [0.2, 0.25) is 0 Å². The minimum Gasteiger partial charge on any atom is -0.389 e. The first kappa shape index (κ1) is 12.3. The van der Waals surface area contributed by atoms with Crippen molar-refractivity contribution in [3.63, 3.8) is 0 Å². The minimum absolute atomic E-state index is 0.408. The van der Waals surface area contributed by atoms with Crippen molar-refractivity contribution in [2.75, 3.05) is 5.32 Å². The van der Waals surface area contributed by atoms with Crippen LogP contribution in [0, 0.1) is 0 Å². The van der Waals surface area contributed by atoms with Crippen LogP contribution in [-0.2, 0) is 6.54 Å². The molecule has 1 heterocycles. The standard InChI is InChI=1S/C11H10ClN3S2/c12-11-15-6-9(17-11)5-14-8-3-1-7(2-4-8)10(13)16/h1-4,6,14H,5H2,(H2,13,16). The summed E-state index contributed by atoms with van der Waals surface area (Å²) in [6.07, 6.45) is 1.77. The Hall–Kier alpha value is -1.17. The Bertz CT molecular complexity index is 522. The van der Waals surface area contributed by atoms with Crippen LogP contribution >= 0.6 is 35.2 Å². The lowest BCUT2D eigenvalue weighted by atomic mass is 10.2. The van der Waals surface area contributed by atoms with Crippen LogP contribution in [0.1, 0.15) is 10.4 Å². The first-order valence-corrected chi connectivity index (χ1v) is 6.49. The molecule has 0 spiro atoms. The second-order valence-electron chi connectivity index (χ2n) is 3.37. The Balaban J connectivity index is 1.97. The lowest BCUT2D eigenvalue weighted by molar-refractivity contribution is 1.17. The van der Waals surface area contributed by atoms with Crippen LogP contribution in [0.25, 0.3) is 0 Å². The number of nitrogens with two attached hydrogens (primary N) is 1. The van der Waals surface area contributed by atoms with E-state index >= 15 is 0 Å². The fourth-order valence-corrected chi connectivity index (χ4v) is 2.36. The molecule has 17 heavy (non-hydrogen) atoms. The van der Waals surface area contributed by atoms with Gasteiger partial charge >= 0.3 is 0 Å². The Morgan fingerprint density at radius 3 is 2.65 bits per heavy atom. The van der Waals surface area contributed by atoms with Gasteiger partial charge in [0.15, 0.2) is 4.47 Å². The molecule has 0 saturated heterocycles. The van der Waals surface area contributed by atoms with Crippen molar-refractivity contribution in [3.8, 4) is 0 Å². The number of hydrogen-bond donors (Lipinski definition) is 2. The van der Waals surface area contributed by atoms with Crippen molar-refractivity contribution in [3.05, 3.63) is 45.4 Å². The molecule has 0 amide bonds. The molecule has 0 atom stereocenters. The van der Waals surface area contributed by atoms with E-state index in [1.807, 2.05) is 24.3 Å². The van der Waals surface area contributed by atoms with Crippen molar-refractivity contribution < 1.29 is 0 Å². The van der Waals surface area contributed by atoms with Crippen LogP contribution in [-0.4, -0.2) is 9.97 Å². The molecule has 2 aromatic rings. The zero-order chi connectivity index (χ0) is 12.3. The fraction of sp³-hybridized carbons (Fsp3) is 0.0909. The molecule has 1 aromatic carbocycles. The highest BCUT2D eigenvalue weighted by atomic mass is 35.5. The van der Waals surface area contributed by atoms with E-state index in [-0.39, 0.29) is 0 Å². The van der Waals surface area contributed by atoms with Crippen molar-refractivity contribution in [2.45, 2.75) is 6.54 Å². The number of nitrogens with one attached hydrogen (secondary N) is 1. The van der Waals surface area contributed by atoms with Crippen LogP contribution in [0.3, 0.4) is 0 Å². The number of thiazole rings is 1. The number of hydrogen-bond acceptors (Lipinski definition) is 4. The van der Waals surface area contributed by atoms with E-state index in [1.54, 1.807) is 6.20 Å². The van der Waals surface area contributed by atoms with Gasteiger partial charge in [-0.2, -0.15) is 0 Å². The monoisotopic (exact) mass is 283 g/mol. The molecule has 0 radical (unpaired) electrons. The zero-order valence-corrected chi connectivity index (χ0v) is 11.2. The van der Waals surface area contributed by atoms with Gasteiger partial charge in [-0.25, -0.2) is 4.98 Å². The number of rotatable bonds is 4. The van der Waals surface area contributed by atoms with Gasteiger partial charge in [0, 0.05) is 22.3 Å². The van der Waals surface area contributed by atoms with Crippen molar-refractivity contribution in [1.29, 1.82) is 0 Å². The number of nitrogens with zero attached hydrogens (tertiary/aromatic N) is 1. The summed E-state index contributed by atoms with van der Waals surface area (Å²) in [4.78, 5) is 5.48. The maximum absolute atomic E-state index is 5.75. The minimum atomic E-state index is 0.408. The average molecular weight is 284 g/mol. The second-order valence-corrected chi connectivity index (χ2v) is 5.51. The van der Waals surface area contributed by atoms with Gasteiger partial charge in [0.1, 0.15) is 4.99 Å². The predicted octanol–water partition coefficient (Wildman–Crippen LogP) is 3.04. The van der Waals surface area contributed by atoms with E-state index < -0.39 is 0 Å². The highest BCUT2D eigenvalue weighted by Crippen LogP contribution is 2.19.